The molecule has 0 aliphatic carbocycles. The van der Waals surface area contributed by atoms with Crippen LogP contribution in [0.1, 0.15) is 0 Å². The van der Waals surface area contributed by atoms with Gasteiger partial charge in [0, 0.05) is 15.8 Å². The highest BCUT2D eigenvalue weighted by atomic mass is 35.5. The summed E-state index contributed by atoms with van der Waals surface area (Å²) in [5, 5.41) is 3.67. The van der Waals surface area contributed by atoms with Gasteiger partial charge in [0.1, 0.15) is 5.75 Å². The van der Waals surface area contributed by atoms with Crippen molar-refractivity contribution >= 4 is 40.4 Å². The Bertz CT molecular complexity index is 1050. The van der Waals surface area contributed by atoms with Crippen molar-refractivity contribution in [2.45, 2.75) is 0 Å². The molecule has 0 spiro atoms. The van der Waals surface area contributed by atoms with Gasteiger partial charge < -0.3 is 4.52 Å². The smallest absolute Gasteiger partial charge is 0.306 e. The van der Waals surface area contributed by atoms with E-state index >= 15 is 0 Å². The zero-order valence-electron chi connectivity index (χ0n) is 13.9. The van der Waals surface area contributed by atoms with Crippen molar-refractivity contribution in [3.63, 3.8) is 0 Å². The second-order valence-electron chi connectivity index (χ2n) is 5.90. The highest BCUT2D eigenvalue weighted by Crippen LogP contribution is 2.47. The fraction of sp³-hybridized carbons (Fsp3) is 0. The van der Waals surface area contributed by atoms with Crippen molar-refractivity contribution in [3.05, 3.63) is 102 Å². The summed E-state index contributed by atoms with van der Waals surface area (Å²) >= 11 is 6.31. The largest absolute Gasteiger partial charge is 0.436 e. The van der Waals surface area contributed by atoms with Crippen LogP contribution in [0.15, 0.2) is 97.1 Å². The first kappa shape index (κ1) is 16.9. The van der Waals surface area contributed by atoms with E-state index in [1.54, 1.807) is 12.1 Å². The molecule has 4 aromatic rings. The van der Waals surface area contributed by atoms with E-state index in [4.69, 9.17) is 16.1 Å². The number of hydrogen-bond acceptors (Lipinski definition) is 2. The van der Waals surface area contributed by atoms with E-state index in [0.717, 1.165) is 10.8 Å². The monoisotopic (exact) mass is 378 g/mol. The number of fused-ring (bicyclic) bond motifs is 1. The van der Waals surface area contributed by atoms with Crippen LogP contribution in [0, 0.1) is 0 Å². The highest BCUT2D eigenvalue weighted by molar-refractivity contribution is 7.74. The maximum Gasteiger partial charge on any atom is 0.306 e. The topological polar surface area (TPSA) is 26.3 Å². The van der Waals surface area contributed by atoms with Crippen molar-refractivity contribution in [2.24, 2.45) is 0 Å². The molecule has 128 valence electrons. The van der Waals surface area contributed by atoms with Gasteiger partial charge in [0.2, 0.25) is 0 Å². The van der Waals surface area contributed by atoms with Gasteiger partial charge in [-0.3, -0.25) is 4.57 Å². The third kappa shape index (κ3) is 3.03. The standard InChI is InChI=1S/C22H16ClO2P/c23-21-15-16-22(20-14-8-7-13-19(20)21)25-26(24,17-9-3-1-4-10-17)18-11-5-2-6-12-18/h1-16H. The lowest BCUT2D eigenvalue weighted by Gasteiger charge is -2.21. The second kappa shape index (κ2) is 6.99. The van der Waals surface area contributed by atoms with E-state index in [1.165, 1.54) is 0 Å². The Morgan fingerprint density at radius 3 is 1.69 bits per heavy atom. The third-order valence-electron chi connectivity index (χ3n) is 4.25. The normalized spacial score (nSPS) is 11.4. The van der Waals surface area contributed by atoms with Crippen LogP contribution in [0.2, 0.25) is 5.02 Å². The molecule has 4 rings (SSSR count). The minimum absolute atomic E-state index is 0.557. The molecule has 0 aliphatic heterocycles. The highest BCUT2D eigenvalue weighted by Gasteiger charge is 2.30. The molecule has 0 saturated carbocycles. The van der Waals surface area contributed by atoms with Gasteiger partial charge in [0.25, 0.3) is 0 Å². The number of hydrogen-bond donors (Lipinski definition) is 0. The molecule has 0 aromatic heterocycles. The van der Waals surface area contributed by atoms with Crippen LogP contribution in [0.3, 0.4) is 0 Å². The molecule has 0 saturated heterocycles. The number of halogens is 1. The minimum Gasteiger partial charge on any atom is -0.436 e. The number of rotatable bonds is 4. The van der Waals surface area contributed by atoms with Crippen LogP contribution in [0.5, 0.6) is 5.75 Å². The molecule has 0 heterocycles. The average molecular weight is 379 g/mol. The van der Waals surface area contributed by atoms with Crippen molar-refractivity contribution in [1.29, 1.82) is 0 Å². The predicted molar refractivity (Wildman–Crippen MR) is 109 cm³/mol. The lowest BCUT2D eigenvalue weighted by atomic mass is 10.1. The fourth-order valence-electron chi connectivity index (χ4n) is 2.96. The second-order valence-corrected chi connectivity index (χ2v) is 8.63. The predicted octanol–water partition coefficient (Wildman–Crippen LogP) is 5.80. The lowest BCUT2D eigenvalue weighted by molar-refractivity contribution is 0.505. The zero-order valence-corrected chi connectivity index (χ0v) is 15.5. The summed E-state index contributed by atoms with van der Waals surface area (Å²) in [5.41, 5.74) is 0. The minimum atomic E-state index is -3.31. The van der Waals surface area contributed by atoms with E-state index in [2.05, 4.69) is 0 Å². The van der Waals surface area contributed by atoms with Crippen molar-refractivity contribution in [2.75, 3.05) is 0 Å². The summed E-state index contributed by atoms with van der Waals surface area (Å²) < 4.78 is 20.3. The summed E-state index contributed by atoms with van der Waals surface area (Å²) in [4.78, 5) is 0. The molecule has 0 fully saturated rings. The molecule has 0 atom stereocenters. The zero-order chi connectivity index (χ0) is 18.0. The molecule has 0 radical (unpaired) electrons. The van der Waals surface area contributed by atoms with Crippen LogP contribution in [-0.4, -0.2) is 0 Å². The van der Waals surface area contributed by atoms with Gasteiger partial charge in [-0.2, -0.15) is 0 Å². The quantitative estimate of drug-likeness (QED) is 0.419. The summed E-state index contributed by atoms with van der Waals surface area (Å²) in [6.45, 7) is 0. The third-order valence-corrected chi connectivity index (χ3v) is 6.99. The molecule has 0 N–H and O–H groups in total. The van der Waals surface area contributed by atoms with E-state index in [0.29, 0.717) is 21.4 Å². The van der Waals surface area contributed by atoms with Gasteiger partial charge >= 0.3 is 7.37 Å². The molecular weight excluding hydrogens is 363 g/mol. The van der Waals surface area contributed by atoms with Crippen molar-refractivity contribution in [3.8, 4) is 5.75 Å². The van der Waals surface area contributed by atoms with E-state index in [1.807, 2.05) is 84.9 Å². The Kier molecular flexibility index (Phi) is 4.55. The molecule has 0 amide bonds. The summed E-state index contributed by atoms with van der Waals surface area (Å²) in [6, 6.07) is 29.9. The summed E-state index contributed by atoms with van der Waals surface area (Å²) in [6.07, 6.45) is 0. The lowest BCUT2D eigenvalue weighted by Crippen LogP contribution is -2.20. The fourth-order valence-corrected chi connectivity index (χ4v) is 5.26. The van der Waals surface area contributed by atoms with Crippen LogP contribution in [0.4, 0.5) is 0 Å². The number of benzene rings is 4. The van der Waals surface area contributed by atoms with E-state index in [9.17, 15) is 4.57 Å². The van der Waals surface area contributed by atoms with Crippen molar-refractivity contribution in [1.82, 2.24) is 0 Å². The Balaban J connectivity index is 1.90. The van der Waals surface area contributed by atoms with Crippen LogP contribution in [-0.2, 0) is 4.57 Å². The summed E-state index contributed by atoms with van der Waals surface area (Å²) in [5.74, 6) is 0.557. The Morgan fingerprint density at radius 1 is 0.615 bits per heavy atom. The maximum atomic E-state index is 14.1. The summed E-state index contributed by atoms with van der Waals surface area (Å²) in [7, 11) is -3.31. The molecule has 0 aliphatic rings. The van der Waals surface area contributed by atoms with E-state index < -0.39 is 7.37 Å². The van der Waals surface area contributed by atoms with Gasteiger partial charge in [-0.1, -0.05) is 72.3 Å². The van der Waals surface area contributed by atoms with Crippen LogP contribution < -0.4 is 15.1 Å². The Labute approximate surface area is 157 Å². The molecule has 0 unspecified atom stereocenters. The van der Waals surface area contributed by atoms with Crippen LogP contribution in [0.25, 0.3) is 10.8 Å². The molecule has 0 bridgehead atoms. The molecule has 4 heteroatoms. The SMILES string of the molecule is O=P(Oc1ccc(Cl)c2ccccc12)(c1ccccc1)c1ccccc1. The molecular formula is C22H16ClO2P. The molecule has 2 nitrogen and oxygen atoms in total. The van der Waals surface area contributed by atoms with Gasteiger partial charge in [-0.15, -0.1) is 0 Å². The van der Waals surface area contributed by atoms with Gasteiger partial charge in [-0.05, 0) is 36.4 Å². The molecule has 26 heavy (non-hydrogen) atoms. The van der Waals surface area contributed by atoms with Crippen molar-refractivity contribution < 1.29 is 9.09 Å². The Hall–Kier alpha value is -2.54. The van der Waals surface area contributed by atoms with Crippen LogP contribution >= 0.6 is 19.0 Å². The van der Waals surface area contributed by atoms with Gasteiger partial charge in [0.15, 0.2) is 0 Å². The average Bonchev–Trinajstić information content (AvgIpc) is 2.71. The first-order valence-electron chi connectivity index (χ1n) is 8.26. The van der Waals surface area contributed by atoms with E-state index in [-0.39, 0.29) is 0 Å². The first-order valence-corrected chi connectivity index (χ1v) is 10.3. The molecule has 4 aromatic carbocycles. The van der Waals surface area contributed by atoms with Gasteiger partial charge in [-0.25, -0.2) is 0 Å². The van der Waals surface area contributed by atoms with Gasteiger partial charge in [0.05, 0.1) is 10.6 Å². The maximum absolute atomic E-state index is 14.1. The Morgan fingerprint density at radius 2 is 1.12 bits per heavy atom. The first-order chi connectivity index (χ1) is 12.7.